The number of hydrogen-bond donors (Lipinski definition) is 0. The summed E-state index contributed by atoms with van der Waals surface area (Å²) < 4.78 is 6.16. The summed E-state index contributed by atoms with van der Waals surface area (Å²) in [4.78, 5) is 23.9. The topological polar surface area (TPSA) is 73.3 Å². The van der Waals surface area contributed by atoms with E-state index in [1.807, 2.05) is 36.4 Å². The molecule has 0 aliphatic heterocycles. The van der Waals surface area contributed by atoms with E-state index >= 15 is 0 Å². The number of rotatable bonds is 2. The van der Waals surface area contributed by atoms with Gasteiger partial charge in [0.25, 0.3) is 5.69 Å². The van der Waals surface area contributed by atoms with Gasteiger partial charge in [-0.2, -0.15) is 0 Å². The number of benzene rings is 4. The van der Waals surface area contributed by atoms with Crippen molar-refractivity contribution >= 4 is 38.4 Å². The van der Waals surface area contributed by atoms with E-state index in [1.165, 1.54) is 12.1 Å². The molecule has 0 atom stereocenters. The lowest BCUT2D eigenvalue weighted by molar-refractivity contribution is -0.384. The minimum Gasteiger partial charge on any atom is -0.455 e. The van der Waals surface area contributed by atoms with Crippen LogP contribution in [0.1, 0.15) is 0 Å². The lowest BCUT2D eigenvalue weighted by Gasteiger charge is -2.11. The highest BCUT2D eigenvalue weighted by Crippen LogP contribution is 2.35. The molecule has 0 amide bonds. The largest absolute Gasteiger partial charge is 0.455 e. The Labute approximate surface area is 158 Å². The van der Waals surface area contributed by atoms with E-state index in [0.29, 0.717) is 27.5 Å². The predicted molar refractivity (Wildman–Crippen MR) is 110 cm³/mol. The predicted octanol–water partition coefficient (Wildman–Crippen LogP) is 5.67. The summed E-state index contributed by atoms with van der Waals surface area (Å²) in [6.07, 6.45) is 0. The summed E-state index contributed by atoms with van der Waals surface area (Å²) in [6, 6.07) is 23.0. The molecule has 5 nitrogen and oxygen atoms in total. The van der Waals surface area contributed by atoms with Crippen LogP contribution in [0.25, 0.3) is 43.8 Å². The van der Waals surface area contributed by atoms with Crippen LogP contribution in [-0.4, -0.2) is 4.92 Å². The number of non-ortho nitro benzene ring substituents is 1. The first-order chi connectivity index (χ1) is 13.6. The molecular formula is C23H13NO4. The average Bonchev–Trinajstić information content (AvgIpc) is 2.73. The average molecular weight is 367 g/mol. The van der Waals surface area contributed by atoms with Crippen molar-refractivity contribution in [2.45, 2.75) is 0 Å². The van der Waals surface area contributed by atoms with Gasteiger partial charge in [0.05, 0.1) is 15.7 Å². The fourth-order valence-corrected chi connectivity index (χ4v) is 3.62. The third-order valence-corrected chi connectivity index (χ3v) is 4.96. The second-order valence-electron chi connectivity index (χ2n) is 6.58. The van der Waals surface area contributed by atoms with E-state index in [9.17, 15) is 14.9 Å². The number of para-hydroxylation sites is 1. The molecule has 5 rings (SSSR count). The molecule has 4 aromatic carbocycles. The van der Waals surface area contributed by atoms with Crippen LogP contribution in [0.3, 0.4) is 0 Å². The second-order valence-corrected chi connectivity index (χ2v) is 6.58. The van der Waals surface area contributed by atoms with Crippen molar-refractivity contribution in [1.29, 1.82) is 0 Å². The van der Waals surface area contributed by atoms with Gasteiger partial charge in [-0.1, -0.05) is 36.4 Å². The van der Waals surface area contributed by atoms with Gasteiger partial charge in [0.15, 0.2) is 0 Å². The first-order valence-electron chi connectivity index (χ1n) is 8.75. The number of nitro groups is 1. The van der Waals surface area contributed by atoms with E-state index in [-0.39, 0.29) is 11.1 Å². The molecule has 0 radical (unpaired) electrons. The molecule has 5 aromatic rings. The summed E-state index contributed by atoms with van der Waals surface area (Å²) in [5.41, 5.74) is 2.37. The molecule has 0 bridgehead atoms. The first kappa shape index (κ1) is 16.2. The Hall–Kier alpha value is -3.99. The lowest BCUT2D eigenvalue weighted by atomic mass is 9.95. The van der Waals surface area contributed by atoms with Crippen LogP contribution in [0.15, 0.2) is 88.1 Å². The zero-order chi connectivity index (χ0) is 19.3. The van der Waals surface area contributed by atoms with Gasteiger partial charge >= 0.3 is 0 Å². The van der Waals surface area contributed by atoms with Crippen LogP contribution < -0.4 is 5.43 Å². The van der Waals surface area contributed by atoms with Gasteiger partial charge in [0.1, 0.15) is 11.2 Å². The maximum Gasteiger partial charge on any atom is 0.269 e. The van der Waals surface area contributed by atoms with E-state index < -0.39 is 4.92 Å². The van der Waals surface area contributed by atoms with Gasteiger partial charge in [-0.05, 0) is 46.8 Å². The molecule has 28 heavy (non-hydrogen) atoms. The van der Waals surface area contributed by atoms with Crippen LogP contribution in [0.2, 0.25) is 0 Å². The molecule has 0 aliphatic carbocycles. The van der Waals surface area contributed by atoms with E-state index in [4.69, 9.17) is 4.42 Å². The third kappa shape index (κ3) is 2.37. The zero-order valence-corrected chi connectivity index (χ0v) is 14.6. The van der Waals surface area contributed by atoms with Gasteiger partial charge < -0.3 is 4.42 Å². The minimum atomic E-state index is -0.440. The van der Waals surface area contributed by atoms with Crippen LogP contribution in [0.4, 0.5) is 5.69 Å². The Bertz CT molecular complexity index is 1450. The minimum absolute atomic E-state index is 0.00586. The molecular weight excluding hydrogens is 354 g/mol. The molecule has 1 heterocycles. The Morgan fingerprint density at radius 2 is 1.50 bits per heavy atom. The standard InChI is InChI=1S/C23H13NO4/c25-22-18-7-3-4-8-20(18)28-23-17-6-2-1-5-15(17)13-19(21(22)23)14-9-11-16(12-10-14)24(26)27/h1-13H. The highest BCUT2D eigenvalue weighted by atomic mass is 16.6. The fourth-order valence-electron chi connectivity index (χ4n) is 3.62. The summed E-state index contributed by atoms with van der Waals surface area (Å²) in [6.45, 7) is 0. The van der Waals surface area contributed by atoms with Crippen molar-refractivity contribution in [2.24, 2.45) is 0 Å². The Balaban J connectivity index is 1.96. The first-order valence-corrected chi connectivity index (χ1v) is 8.75. The van der Waals surface area contributed by atoms with Gasteiger partial charge in [-0.15, -0.1) is 0 Å². The van der Waals surface area contributed by atoms with Crippen LogP contribution in [-0.2, 0) is 0 Å². The van der Waals surface area contributed by atoms with Gasteiger partial charge in [0.2, 0.25) is 5.43 Å². The third-order valence-electron chi connectivity index (χ3n) is 4.96. The van der Waals surface area contributed by atoms with Crippen molar-refractivity contribution in [2.75, 3.05) is 0 Å². The normalized spacial score (nSPS) is 11.3. The Morgan fingerprint density at radius 1 is 0.821 bits per heavy atom. The van der Waals surface area contributed by atoms with Gasteiger partial charge in [-0.25, -0.2) is 0 Å². The highest BCUT2D eigenvalue weighted by molar-refractivity contribution is 6.12. The molecule has 0 fully saturated rings. The molecule has 0 unspecified atom stereocenters. The summed E-state index contributed by atoms with van der Waals surface area (Å²) in [5.74, 6) is 0. The van der Waals surface area contributed by atoms with Crippen molar-refractivity contribution < 1.29 is 9.34 Å². The Kier molecular flexibility index (Phi) is 3.49. The van der Waals surface area contributed by atoms with Crippen LogP contribution >= 0.6 is 0 Å². The van der Waals surface area contributed by atoms with Crippen molar-refractivity contribution in [3.05, 3.63) is 99.2 Å². The molecule has 0 N–H and O–H groups in total. The SMILES string of the molecule is O=c1c2ccccc2oc2c1c(-c1ccc([N+](=O)[O-])cc1)cc1ccccc12. The van der Waals surface area contributed by atoms with Crippen molar-refractivity contribution in [3.8, 4) is 11.1 Å². The summed E-state index contributed by atoms with van der Waals surface area (Å²) >= 11 is 0. The van der Waals surface area contributed by atoms with Crippen molar-refractivity contribution in [1.82, 2.24) is 0 Å². The molecule has 0 saturated carbocycles. The highest BCUT2D eigenvalue weighted by Gasteiger charge is 2.17. The number of fused-ring (bicyclic) bond motifs is 4. The van der Waals surface area contributed by atoms with E-state index in [2.05, 4.69) is 0 Å². The number of hydrogen-bond acceptors (Lipinski definition) is 4. The number of nitro benzene ring substituents is 1. The monoisotopic (exact) mass is 367 g/mol. The fraction of sp³-hybridized carbons (Fsp3) is 0. The summed E-state index contributed by atoms with van der Waals surface area (Å²) in [5, 5.41) is 13.7. The molecule has 0 saturated heterocycles. The molecule has 1 aromatic heterocycles. The maximum absolute atomic E-state index is 13.3. The summed E-state index contributed by atoms with van der Waals surface area (Å²) in [7, 11) is 0. The van der Waals surface area contributed by atoms with E-state index in [1.54, 1.807) is 30.3 Å². The quantitative estimate of drug-likeness (QED) is 0.174. The Morgan fingerprint density at radius 3 is 2.25 bits per heavy atom. The second kappa shape index (κ2) is 6.03. The molecule has 134 valence electrons. The molecule has 0 spiro atoms. The number of nitrogens with zero attached hydrogens (tertiary/aromatic N) is 1. The zero-order valence-electron chi connectivity index (χ0n) is 14.6. The van der Waals surface area contributed by atoms with Gasteiger partial charge in [0, 0.05) is 17.5 Å². The molecule has 5 heteroatoms. The van der Waals surface area contributed by atoms with Gasteiger partial charge in [-0.3, -0.25) is 14.9 Å². The lowest BCUT2D eigenvalue weighted by Crippen LogP contribution is -2.04. The molecule has 0 aliphatic rings. The smallest absolute Gasteiger partial charge is 0.269 e. The van der Waals surface area contributed by atoms with Crippen LogP contribution in [0.5, 0.6) is 0 Å². The van der Waals surface area contributed by atoms with Crippen molar-refractivity contribution in [3.63, 3.8) is 0 Å². The maximum atomic E-state index is 13.3. The van der Waals surface area contributed by atoms with E-state index in [0.717, 1.165) is 16.3 Å². The van der Waals surface area contributed by atoms with Crippen LogP contribution in [0, 0.1) is 10.1 Å².